The summed E-state index contributed by atoms with van der Waals surface area (Å²) in [5, 5.41) is 4.51. The highest BCUT2D eigenvalue weighted by Gasteiger charge is 2.10. The van der Waals surface area contributed by atoms with Gasteiger partial charge in [0.05, 0.1) is 22.2 Å². The van der Waals surface area contributed by atoms with E-state index in [4.69, 9.17) is 23.2 Å². The molecule has 3 aromatic rings. The Balaban J connectivity index is 1.69. The maximum Gasteiger partial charge on any atom is 0.234 e. The van der Waals surface area contributed by atoms with Crippen LogP contribution in [0.2, 0.25) is 10.0 Å². The fraction of sp³-hybridized carbons (Fsp3) is 0.105. The monoisotopic (exact) mass is 403 g/mol. The van der Waals surface area contributed by atoms with Crippen LogP contribution in [-0.4, -0.2) is 21.6 Å². The number of para-hydroxylation sites is 1. The van der Waals surface area contributed by atoms with Crippen molar-refractivity contribution in [2.75, 3.05) is 11.1 Å². The van der Waals surface area contributed by atoms with Crippen molar-refractivity contribution < 1.29 is 4.79 Å². The summed E-state index contributed by atoms with van der Waals surface area (Å²) in [5.41, 5.74) is 3.16. The van der Waals surface area contributed by atoms with Crippen molar-refractivity contribution in [3.63, 3.8) is 0 Å². The number of anilines is 1. The molecule has 0 saturated carbocycles. The molecule has 2 aromatic carbocycles. The molecule has 7 heteroatoms. The maximum absolute atomic E-state index is 12.2. The van der Waals surface area contributed by atoms with Gasteiger partial charge in [-0.25, -0.2) is 9.97 Å². The van der Waals surface area contributed by atoms with Crippen molar-refractivity contribution in [2.45, 2.75) is 12.1 Å². The minimum atomic E-state index is -0.166. The number of thioether (sulfide) groups is 1. The van der Waals surface area contributed by atoms with Crippen LogP contribution in [0.1, 0.15) is 5.69 Å². The zero-order valence-corrected chi connectivity index (χ0v) is 16.2. The number of halogens is 2. The van der Waals surface area contributed by atoms with Gasteiger partial charge in [-0.15, -0.1) is 0 Å². The van der Waals surface area contributed by atoms with E-state index < -0.39 is 0 Å². The third kappa shape index (κ3) is 4.97. The lowest BCUT2D eigenvalue weighted by Gasteiger charge is -2.08. The van der Waals surface area contributed by atoms with Gasteiger partial charge in [0.2, 0.25) is 5.91 Å². The number of hydrogen-bond acceptors (Lipinski definition) is 4. The van der Waals surface area contributed by atoms with E-state index in [1.54, 1.807) is 12.1 Å². The van der Waals surface area contributed by atoms with Gasteiger partial charge in [0.1, 0.15) is 0 Å². The van der Waals surface area contributed by atoms with Crippen molar-refractivity contribution in [1.82, 2.24) is 9.97 Å². The van der Waals surface area contributed by atoms with E-state index in [2.05, 4.69) is 15.3 Å². The Morgan fingerprint density at radius 2 is 1.81 bits per heavy atom. The molecule has 0 radical (unpaired) electrons. The molecule has 0 aliphatic rings. The van der Waals surface area contributed by atoms with Gasteiger partial charge in [-0.3, -0.25) is 4.79 Å². The molecule has 1 heterocycles. The van der Waals surface area contributed by atoms with Crippen molar-refractivity contribution in [1.29, 1.82) is 0 Å². The van der Waals surface area contributed by atoms with Crippen LogP contribution in [0.25, 0.3) is 11.3 Å². The van der Waals surface area contributed by atoms with E-state index in [1.807, 2.05) is 49.4 Å². The number of rotatable bonds is 5. The quantitative estimate of drug-likeness (QED) is 0.451. The number of nitrogens with one attached hydrogen (secondary N) is 1. The number of aryl methyl sites for hydroxylation is 1. The van der Waals surface area contributed by atoms with E-state index in [9.17, 15) is 4.79 Å². The number of benzene rings is 2. The summed E-state index contributed by atoms with van der Waals surface area (Å²) in [6.07, 6.45) is 0. The molecular weight excluding hydrogens is 389 g/mol. The Bertz CT molecular complexity index is 932. The molecule has 1 amide bonds. The highest BCUT2D eigenvalue weighted by Crippen LogP contribution is 2.24. The average Bonchev–Trinajstić information content (AvgIpc) is 2.62. The largest absolute Gasteiger partial charge is 0.324 e. The summed E-state index contributed by atoms with van der Waals surface area (Å²) in [5.74, 6) is 0.0237. The Morgan fingerprint density at radius 1 is 1.08 bits per heavy atom. The van der Waals surface area contributed by atoms with Crippen LogP contribution >= 0.6 is 35.0 Å². The molecule has 0 aliphatic heterocycles. The summed E-state index contributed by atoms with van der Waals surface area (Å²) < 4.78 is 0. The van der Waals surface area contributed by atoms with Crippen LogP contribution in [-0.2, 0) is 4.79 Å². The Labute approximate surface area is 166 Å². The summed E-state index contributed by atoms with van der Waals surface area (Å²) in [7, 11) is 0. The Kier molecular flexibility index (Phi) is 6.14. The third-order valence-electron chi connectivity index (χ3n) is 3.45. The fourth-order valence-corrected chi connectivity index (χ4v) is 3.27. The molecule has 0 saturated heterocycles. The Hall–Kier alpha value is -2.08. The number of nitrogens with zero attached hydrogens (tertiary/aromatic N) is 2. The van der Waals surface area contributed by atoms with Gasteiger partial charge in [-0.05, 0) is 37.3 Å². The normalized spacial score (nSPS) is 10.6. The van der Waals surface area contributed by atoms with Crippen LogP contribution in [0.15, 0.2) is 59.8 Å². The lowest BCUT2D eigenvalue weighted by molar-refractivity contribution is -0.113. The average molecular weight is 404 g/mol. The number of carbonyl (C=O) groups excluding carboxylic acids is 1. The van der Waals surface area contributed by atoms with E-state index in [0.717, 1.165) is 17.0 Å². The predicted molar refractivity (Wildman–Crippen MR) is 108 cm³/mol. The van der Waals surface area contributed by atoms with Gasteiger partial charge < -0.3 is 5.32 Å². The van der Waals surface area contributed by atoms with Crippen molar-refractivity contribution in [2.24, 2.45) is 0 Å². The zero-order valence-electron chi connectivity index (χ0n) is 13.9. The second-order valence-corrected chi connectivity index (χ2v) is 7.29. The standard InChI is InChI=1S/C19H15Cl2N3OS/c1-12-10-17(13-6-8-14(20)9-7-13)24-19(22-12)26-11-18(25)23-16-5-3-2-4-15(16)21/h2-10H,11H2,1H3,(H,23,25). The van der Waals surface area contributed by atoms with E-state index in [-0.39, 0.29) is 11.7 Å². The van der Waals surface area contributed by atoms with Crippen LogP contribution in [0.4, 0.5) is 5.69 Å². The number of carbonyl (C=O) groups is 1. The molecule has 0 atom stereocenters. The first kappa shape index (κ1) is 18.7. The topological polar surface area (TPSA) is 54.9 Å². The molecule has 1 N–H and O–H groups in total. The second-order valence-electron chi connectivity index (χ2n) is 5.50. The van der Waals surface area contributed by atoms with E-state index in [1.165, 1.54) is 11.8 Å². The molecule has 1 aromatic heterocycles. The summed E-state index contributed by atoms with van der Waals surface area (Å²) in [6.45, 7) is 1.90. The minimum Gasteiger partial charge on any atom is -0.324 e. The highest BCUT2D eigenvalue weighted by atomic mass is 35.5. The van der Waals surface area contributed by atoms with Crippen LogP contribution < -0.4 is 5.32 Å². The van der Waals surface area contributed by atoms with Gasteiger partial charge in [0.25, 0.3) is 0 Å². The molecule has 0 aliphatic carbocycles. The van der Waals surface area contributed by atoms with E-state index >= 15 is 0 Å². The first-order valence-electron chi connectivity index (χ1n) is 7.80. The highest BCUT2D eigenvalue weighted by molar-refractivity contribution is 7.99. The van der Waals surface area contributed by atoms with Gasteiger partial charge in [-0.1, -0.05) is 59.2 Å². The lowest BCUT2D eigenvalue weighted by Crippen LogP contribution is -2.14. The van der Waals surface area contributed by atoms with Crippen molar-refractivity contribution >= 4 is 46.6 Å². The summed E-state index contributed by atoms with van der Waals surface area (Å²) in [4.78, 5) is 21.1. The first-order valence-corrected chi connectivity index (χ1v) is 9.54. The van der Waals surface area contributed by atoms with Gasteiger partial charge in [-0.2, -0.15) is 0 Å². The number of hydrogen-bond donors (Lipinski definition) is 1. The van der Waals surface area contributed by atoms with Gasteiger partial charge >= 0.3 is 0 Å². The summed E-state index contributed by atoms with van der Waals surface area (Å²) >= 11 is 13.3. The fourth-order valence-electron chi connectivity index (χ4n) is 2.25. The number of amides is 1. The predicted octanol–water partition coefficient (Wildman–Crippen LogP) is 5.49. The maximum atomic E-state index is 12.2. The second kappa shape index (κ2) is 8.54. The number of aromatic nitrogens is 2. The Morgan fingerprint density at radius 3 is 2.54 bits per heavy atom. The first-order chi connectivity index (χ1) is 12.5. The molecule has 3 rings (SSSR count). The molecular formula is C19H15Cl2N3OS. The molecule has 0 bridgehead atoms. The molecule has 26 heavy (non-hydrogen) atoms. The zero-order chi connectivity index (χ0) is 18.5. The van der Waals surface area contributed by atoms with Crippen LogP contribution in [0.3, 0.4) is 0 Å². The smallest absolute Gasteiger partial charge is 0.234 e. The molecule has 0 spiro atoms. The molecule has 4 nitrogen and oxygen atoms in total. The molecule has 0 fully saturated rings. The van der Waals surface area contributed by atoms with Gasteiger partial charge in [0.15, 0.2) is 5.16 Å². The van der Waals surface area contributed by atoms with Crippen molar-refractivity contribution in [3.8, 4) is 11.3 Å². The van der Waals surface area contributed by atoms with Crippen LogP contribution in [0.5, 0.6) is 0 Å². The minimum absolute atomic E-state index is 0.166. The van der Waals surface area contributed by atoms with Gasteiger partial charge in [0, 0.05) is 16.3 Å². The van der Waals surface area contributed by atoms with Crippen molar-refractivity contribution in [3.05, 3.63) is 70.3 Å². The molecule has 0 unspecified atom stereocenters. The van der Waals surface area contributed by atoms with Crippen LogP contribution in [0, 0.1) is 6.92 Å². The lowest BCUT2D eigenvalue weighted by atomic mass is 10.1. The third-order valence-corrected chi connectivity index (χ3v) is 4.88. The summed E-state index contributed by atoms with van der Waals surface area (Å²) in [6, 6.07) is 16.5. The SMILES string of the molecule is Cc1cc(-c2ccc(Cl)cc2)nc(SCC(=O)Nc2ccccc2Cl)n1. The van der Waals surface area contributed by atoms with E-state index in [0.29, 0.717) is 20.9 Å². The molecule has 132 valence electrons.